The van der Waals surface area contributed by atoms with Gasteiger partial charge in [0, 0.05) is 19.2 Å². The minimum atomic E-state index is -0.217. The van der Waals surface area contributed by atoms with Crippen LogP contribution in [0.4, 0.5) is 0 Å². The molecule has 5 nitrogen and oxygen atoms in total. The fraction of sp³-hybridized carbons (Fsp3) is 0.462. The highest BCUT2D eigenvalue weighted by molar-refractivity contribution is 5.69. The van der Waals surface area contributed by atoms with Crippen molar-refractivity contribution in [2.24, 2.45) is 0 Å². The van der Waals surface area contributed by atoms with Crippen LogP contribution in [0, 0.1) is 0 Å². The van der Waals surface area contributed by atoms with E-state index in [1.54, 1.807) is 14.2 Å². The van der Waals surface area contributed by atoms with Crippen molar-refractivity contribution in [3.8, 4) is 11.5 Å². The first-order chi connectivity index (χ1) is 8.69. The van der Waals surface area contributed by atoms with Crippen molar-refractivity contribution in [2.75, 3.05) is 27.9 Å². The summed E-state index contributed by atoms with van der Waals surface area (Å²) in [7, 11) is 4.61. The van der Waals surface area contributed by atoms with Crippen LogP contribution < -0.4 is 14.8 Å². The van der Waals surface area contributed by atoms with Crippen LogP contribution in [0.3, 0.4) is 0 Å². The van der Waals surface area contributed by atoms with Gasteiger partial charge in [0.15, 0.2) is 0 Å². The molecule has 0 bridgehead atoms. The van der Waals surface area contributed by atoms with Gasteiger partial charge in [-0.1, -0.05) is 0 Å². The van der Waals surface area contributed by atoms with E-state index in [0.717, 1.165) is 17.1 Å². The molecule has 0 atom stereocenters. The second-order valence-corrected chi connectivity index (χ2v) is 3.72. The summed E-state index contributed by atoms with van der Waals surface area (Å²) in [4.78, 5) is 10.9. The number of methoxy groups -OCH3 is 3. The molecule has 1 aromatic carbocycles. The molecule has 0 aromatic heterocycles. The molecule has 0 spiro atoms. The van der Waals surface area contributed by atoms with E-state index in [4.69, 9.17) is 9.47 Å². The molecule has 0 fully saturated rings. The summed E-state index contributed by atoms with van der Waals surface area (Å²) in [5.74, 6) is 1.28. The van der Waals surface area contributed by atoms with E-state index >= 15 is 0 Å². The van der Waals surface area contributed by atoms with E-state index in [9.17, 15) is 4.79 Å². The zero-order valence-corrected chi connectivity index (χ0v) is 11.0. The first-order valence-corrected chi connectivity index (χ1v) is 5.69. The molecule has 18 heavy (non-hydrogen) atoms. The molecule has 0 saturated heterocycles. The third kappa shape index (κ3) is 4.63. The predicted molar refractivity (Wildman–Crippen MR) is 67.9 cm³/mol. The molecule has 0 saturated carbocycles. The summed E-state index contributed by atoms with van der Waals surface area (Å²) in [5.41, 5.74) is 1.04. The summed E-state index contributed by atoms with van der Waals surface area (Å²) in [5, 5.41) is 3.16. The van der Waals surface area contributed by atoms with Crippen molar-refractivity contribution in [2.45, 2.75) is 13.0 Å². The van der Waals surface area contributed by atoms with Gasteiger partial charge in [0.2, 0.25) is 0 Å². The van der Waals surface area contributed by atoms with E-state index in [0.29, 0.717) is 19.5 Å². The highest BCUT2D eigenvalue weighted by Gasteiger charge is 2.03. The fourth-order valence-corrected chi connectivity index (χ4v) is 1.49. The second-order valence-electron chi connectivity index (χ2n) is 3.72. The zero-order valence-electron chi connectivity index (χ0n) is 11.0. The predicted octanol–water partition coefficient (Wildman–Crippen LogP) is 1.36. The molecule has 1 N–H and O–H groups in total. The van der Waals surface area contributed by atoms with Gasteiger partial charge in [-0.3, -0.25) is 4.79 Å². The Morgan fingerprint density at radius 1 is 1.11 bits per heavy atom. The van der Waals surface area contributed by atoms with Gasteiger partial charge in [-0.25, -0.2) is 0 Å². The molecule has 0 amide bonds. The Hall–Kier alpha value is -1.75. The van der Waals surface area contributed by atoms with Crippen molar-refractivity contribution in [1.82, 2.24) is 5.32 Å². The van der Waals surface area contributed by atoms with Crippen LogP contribution in [0.15, 0.2) is 18.2 Å². The van der Waals surface area contributed by atoms with Crippen LogP contribution in [0.1, 0.15) is 12.0 Å². The maximum atomic E-state index is 10.9. The van der Waals surface area contributed by atoms with Crippen LogP contribution in [-0.2, 0) is 16.1 Å². The van der Waals surface area contributed by atoms with Gasteiger partial charge in [-0.15, -0.1) is 0 Å². The van der Waals surface area contributed by atoms with Crippen LogP contribution in [-0.4, -0.2) is 33.8 Å². The molecule has 5 heteroatoms. The van der Waals surface area contributed by atoms with E-state index in [1.807, 2.05) is 18.2 Å². The van der Waals surface area contributed by atoms with E-state index < -0.39 is 0 Å². The van der Waals surface area contributed by atoms with Crippen molar-refractivity contribution >= 4 is 5.97 Å². The highest BCUT2D eigenvalue weighted by Crippen LogP contribution is 2.22. The average molecular weight is 253 g/mol. The fourth-order valence-electron chi connectivity index (χ4n) is 1.49. The zero-order chi connectivity index (χ0) is 13.4. The topological polar surface area (TPSA) is 56.8 Å². The number of nitrogens with one attached hydrogen (secondary N) is 1. The molecule has 0 aliphatic rings. The van der Waals surface area contributed by atoms with Crippen LogP contribution in [0.25, 0.3) is 0 Å². The quantitative estimate of drug-likeness (QED) is 0.587. The second kappa shape index (κ2) is 7.55. The monoisotopic (exact) mass is 253 g/mol. The Morgan fingerprint density at radius 2 is 1.72 bits per heavy atom. The van der Waals surface area contributed by atoms with Crippen molar-refractivity contribution in [3.63, 3.8) is 0 Å². The lowest BCUT2D eigenvalue weighted by molar-refractivity contribution is -0.140. The third-order valence-electron chi connectivity index (χ3n) is 2.47. The van der Waals surface area contributed by atoms with E-state index in [-0.39, 0.29) is 5.97 Å². The van der Waals surface area contributed by atoms with Gasteiger partial charge < -0.3 is 19.5 Å². The number of carbonyl (C=O) groups is 1. The largest absolute Gasteiger partial charge is 0.497 e. The Morgan fingerprint density at radius 3 is 2.22 bits per heavy atom. The summed E-state index contributed by atoms with van der Waals surface area (Å²) < 4.78 is 14.9. The first kappa shape index (κ1) is 14.3. The van der Waals surface area contributed by atoms with Crippen LogP contribution >= 0.6 is 0 Å². The SMILES string of the molecule is COC(=O)CCNCc1cc(OC)cc(OC)c1. The molecular weight excluding hydrogens is 234 g/mol. The molecule has 0 heterocycles. The number of ether oxygens (including phenoxy) is 3. The van der Waals surface area contributed by atoms with E-state index in [1.165, 1.54) is 7.11 Å². The first-order valence-electron chi connectivity index (χ1n) is 5.69. The lowest BCUT2D eigenvalue weighted by Crippen LogP contribution is -2.18. The number of esters is 1. The molecule has 1 aromatic rings. The maximum Gasteiger partial charge on any atom is 0.306 e. The molecule has 100 valence electrons. The Balaban J connectivity index is 2.48. The van der Waals surface area contributed by atoms with Gasteiger partial charge in [-0.05, 0) is 17.7 Å². The number of rotatable bonds is 7. The Kier molecular flexibility index (Phi) is 6.00. The lowest BCUT2D eigenvalue weighted by Gasteiger charge is -2.09. The van der Waals surface area contributed by atoms with Crippen LogP contribution in [0.5, 0.6) is 11.5 Å². The normalized spacial score (nSPS) is 9.94. The number of hydrogen-bond acceptors (Lipinski definition) is 5. The van der Waals surface area contributed by atoms with Gasteiger partial charge >= 0.3 is 5.97 Å². The van der Waals surface area contributed by atoms with Crippen molar-refractivity contribution < 1.29 is 19.0 Å². The highest BCUT2D eigenvalue weighted by atomic mass is 16.5. The number of hydrogen-bond donors (Lipinski definition) is 1. The molecule has 1 rings (SSSR count). The average Bonchev–Trinajstić information content (AvgIpc) is 2.42. The lowest BCUT2D eigenvalue weighted by atomic mass is 10.2. The molecular formula is C13H19NO4. The summed E-state index contributed by atoms with van der Waals surface area (Å²) in [6, 6.07) is 5.67. The number of carbonyl (C=O) groups excluding carboxylic acids is 1. The standard InChI is InChI=1S/C13H19NO4/c1-16-11-6-10(7-12(8-11)17-2)9-14-5-4-13(15)18-3/h6-8,14H,4-5,9H2,1-3H3. The summed E-state index contributed by atoms with van der Waals surface area (Å²) in [6.45, 7) is 1.22. The molecule has 0 aliphatic heterocycles. The van der Waals surface area contributed by atoms with Gasteiger partial charge in [-0.2, -0.15) is 0 Å². The molecule has 0 aliphatic carbocycles. The minimum absolute atomic E-state index is 0.217. The van der Waals surface area contributed by atoms with Crippen LogP contribution in [0.2, 0.25) is 0 Å². The minimum Gasteiger partial charge on any atom is -0.497 e. The van der Waals surface area contributed by atoms with Crippen molar-refractivity contribution in [1.29, 1.82) is 0 Å². The molecule has 0 unspecified atom stereocenters. The summed E-state index contributed by atoms with van der Waals surface area (Å²) >= 11 is 0. The van der Waals surface area contributed by atoms with Gasteiger partial charge in [0.25, 0.3) is 0 Å². The third-order valence-corrected chi connectivity index (χ3v) is 2.47. The Bertz CT molecular complexity index is 370. The van der Waals surface area contributed by atoms with Crippen molar-refractivity contribution in [3.05, 3.63) is 23.8 Å². The Labute approximate surface area is 107 Å². The van der Waals surface area contributed by atoms with Gasteiger partial charge in [0.05, 0.1) is 27.8 Å². The smallest absolute Gasteiger partial charge is 0.306 e. The number of benzene rings is 1. The summed E-state index contributed by atoms with van der Waals surface area (Å²) in [6.07, 6.45) is 0.359. The van der Waals surface area contributed by atoms with Gasteiger partial charge in [0.1, 0.15) is 11.5 Å². The van der Waals surface area contributed by atoms with E-state index in [2.05, 4.69) is 10.1 Å². The molecule has 0 radical (unpaired) electrons. The maximum absolute atomic E-state index is 10.9.